The van der Waals surface area contributed by atoms with Crippen LogP contribution in [0.3, 0.4) is 0 Å². The average Bonchev–Trinajstić information content (AvgIpc) is 3.84. The number of thiophene rings is 2. The summed E-state index contributed by atoms with van der Waals surface area (Å²) in [4.78, 5) is 27.8. The van der Waals surface area contributed by atoms with Gasteiger partial charge in [-0.3, -0.25) is 0 Å². The molecule has 46 heavy (non-hydrogen) atoms. The molecule has 0 unspecified atom stereocenters. The number of fused-ring (bicyclic) bond motifs is 6. The van der Waals surface area contributed by atoms with Crippen LogP contribution in [0.1, 0.15) is 38.8 Å². The number of hydrogen-bond acceptors (Lipinski definition) is 12. The Balaban J connectivity index is 1.31. The second kappa shape index (κ2) is 10.7. The van der Waals surface area contributed by atoms with Crippen LogP contribution in [0, 0.1) is 35.8 Å². The molecule has 10 nitrogen and oxygen atoms in total. The van der Waals surface area contributed by atoms with E-state index >= 15 is 0 Å². The summed E-state index contributed by atoms with van der Waals surface area (Å²) in [6.07, 6.45) is 0. The van der Waals surface area contributed by atoms with E-state index < -0.39 is 11.2 Å². The highest BCUT2D eigenvalue weighted by Crippen LogP contribution is 2.56. The summed E-state index contributed by atoms with van der Waals surface area (Å²) >= 11 is 5.78. The molecule has 222 valence electrons. The highest BCUT2D eigenvalue weighted by atomic mass is 32.1. The standard InChI is InChI=1S/C32H18N8O2S4/c1-31(2)17-11-16-18(12-15(17)25-27(41-31)39-29(45-25)19-7-9-23(43-19)37-21(13-33)35-5)32(3,4)42-28-26(16)46-30(40-28)20-8-10-24(44-20)38-22(14-34)36-6/h7-12H,1-4H3. The summed E-state index contributed by atoms with van der Waals surface area (Å²) in [5.41, 5.74) is 2.75. The Labute approximate surface area is 279 Å². The first-order valence-electron chi connectivity index (χ1n) is 13.6. The topological polar surface area (TPSA) is 125 Å². The molecule has 5 aromatic rings. The SMILES string of the molecule is [C-]#[N+]C(C#N)=Nc1ccc(-c2nc3c(s2)-c2cc4c(cc2C(C)(C)O3)-c2sc(-c3ccc(N=C(C#N)[N+]#[C-])s3)nc2OC4(C)C)s1. The van der Waals surface area contributed by atoms with Crippen LogP contribution >= 0.6 is 45.3 Å². The predicted octanol–water partition coefficient (Wildman–Crippen LogP) is 9.59. The lowest BCUT2D eigenvalue weighted by Gasteiger charge is -2.37. The lowest BCUT2D eigenvalue weighted by molar-refractivity contribution is 0.0954. The molecule has 0 spiro atoms. The zero-order valence-corrected chi connectivity index (χ0v) is 27.8. The van der Waals surface area contributed by atoms with E-state index in [1.165, 1.54) is 45.3 Å². The number of nitrogens with zero attached hydrogens (tertiary/aromatic N) is 8. The van der Waals surface area contributed by atoms with Crippen molar-refractivity contribution in [2.75, 3.05) is 0 Å². The summed E-state index contributed by atoms with van der Waals surface area (Å²) in [7, 11) is 0. The zero-order chi connectivity index (χ0) is 32.4. The third kappa shape index (κ3) is 4.85. The van der Waals surface area contributed by atoms with Crippen molar-refractivity contribution in [3.63, 3.8) is 0 Å². The molecule has 6 heterocycles. The first kappa shape index (κ1) is 29.5. The van der Waals surface area contributed by atoms with Crippen molar-refractivity contribution in [2.24, 2.45) is 9.98 Å². The molecule has 1 aromatic carbocycles. The number of nitriles is 2. The summed E-state index contributed by atoms with van der Waals surface area (Å²) in [6.45, 7) is 22.3. The number of rotatable bonds is 4. The van der Waals surface area contributed by atoms with Crippen LogP contribution in [0.15, 0.2) is 46.4 Å². The van der Waals surface area contributed by atoms with Gasteiger partial charge in [-0.1, -0.05) is 45.8 Å². The Morgan fingerprint density at radius 2 is 1.13 bits per heavy atom. The van der Waals surface area contributed by atoms with Crippen molar-refractivity contribution < 1.29 is 9.47 Å². The Morgan fingerprint density at radius 1 is 0.717 bits per heavy atom. The molecule has 4 aromatic heterocycles. The van der Waals surface area contributed by atoms with Gasteiger partial charge in [-0.15, -0.1) is 22.7 Å². The number of thiazole rings is 2. The van der Waals surface area contributed by atoms with Gasteiger partial charge in [0, 0.05) is 22.3 Å². The maximum Gasteiger partial charge on any atom is 0.350 e. The molecule has 0 saturated heterocycles. The first-order valence-corrected chi connectivity index (χ1v) is 16.8. The molecule has 2 aliphatic rings. The van der Waals surface area contributed by atoms with E-state index in [1.807, 2.05) is 39.8 Å². The molecule has 0 bridgehead atoms. The van der Waals surface area contributed by atoms with E-state index in [2.05, 4.69) is 31.8 Å². The Bertz CT molecular complexity index is 2140. The molecule has 0 radical (unpaired) electrons. The van der Waals surface area contributed by atoms with Crippen molar-refractivity contribution in [3.8, 4) is 64.5 Å². The van der Waals surface area contributed by atoms with Crippen LogP contribution < -0.4 is 9.47 Å². The molecule has 2 aliphatic heterocycles. The largest absolute Gasteiger partial charge is 0.466 e. The van der Waals surface area contributed by atoms with Gasteiger partial charge >= 0.3 is 11.7 Å². The Hall–Kier alpha value is -5.22. The van der Waals surface area contributed by atoms with Gasteiger partial charge in [-0.25, -0.2) is 20.5 Å². The fourth-order valence-electron chi connectivity index (χ4n) is 5.23. The van der Waals surface area contributed by atoms with Crippen LogP contribution in [0.4, 0.5) is 10.0 Å². The van der Waals surface area contributed by atoms with Crippen LogP contribution in [-0.2, 0) is 11.2 Å². The molecule has 7 rings (SSSR count). The molecule has 0 saturated carbocycles. The fourth-order valence-corrected chi connectivity index (χ4v) is 9.14. The highest BCUT2D eigenvalue weighted by molar-refractivity contribution is 7.26. The van der Waals surface area contributed by atoms with E-state index in [9.17, 15) is 0 Å². The zero-order valence-electron chi connectivity index (χ0n) is 24.5. The number of aromatic nitrogens is 2. The normalized spacial score (nSPS) is 15.4. The second-order valence-corrected chi connectivity index (χ2v) is 15.2. The fraction of sp³-hybridized carbons (Fsp3) is 0.188. The monoisotopic (exact) mass is 674 g/mol. The Morgan fingerprint density at radius 3 is 1.50 bits per heavy atom. The van der Waals surface area contributed by atoms with Gasteiger partial charge in [0.25, 0.3) is 0 Å². The number of hydrogen-bond donors (Lipinski definition) is 0. The number of amidine groups is 2. The molecular formula is C32H18N8O2S4. The molecule has 0 fully saturated rings. The molecular weight excluding hydrogens is 657 g/mol. The lowest BCUT2D eigenvalue weighted by Crippen LogP contribution is -2.32. The van der Waals surface area contributed by atoms with E-state index in [1.54, 1.807) is 24.3 Å². The lowest BCUT2D eigenvalue weighted by atomic mass is 9.81. The summed E-state index contributed by atoms with van der Waals surface area (Å²) in [5.74, 6) is 0.687. The molecule has 14 heteroatoms. The quantitative estimate of drug-likeness (QED) is 0.106. The van der Waals surface area contributed by atoms with E-state index in [0.717, 1.165) is 51.8 Å². The molecule has 0 N–H and O–H groups in total. The minimum absolute atomic E-state index is 0.211. The van der Waals surface area contributed by atoms with Gasteiger partial charge < -0.3 is 19.2 Å². The minimum Gasteiger partial charge on any atom is -0.466 e. The van der Waals surface area contributed by atoms with E-state index in [4.69, 9.17) is 43.1 Å². The second-order valence-electron chi connectivity index (χ2n) is 11.1. The van der Waals surface area contributed by atoms with Crippen LogP contribution in [-0.4, -0.2) is 21.6 Å². The minimum atomic E-state index is -0.678. The average molecular weight is 675 g/mol. The molecule has 0 atom stereocenters. The van der Waals surface area contributed by atoms with Gasteiger partial charge in [0.15, 0.2) is 0 Å². The predicted molar refractivity (Wildman–Crippen MR) is 181 cm³/mol. The van der Waals surface area contributed by atoms with Gasteiger partial charge in [-0.05, 0) is 64.1 Å². The van der Waals surface area contributed by atoms with Crippen LogP contribution in [0.25, 0.3) is 50.3 Å². The number of ether oxygens (including phenoxy) is 2. The van der Waals surface area contributed by atoms with Gasteiger partial charge in [0.1, 0.15) is 33.4 Å². The van der Waals surface area contributed by atoms with Crippen molar-refractivity contribution in [2.45, 2.75) is 38.9 Å². The van der Waals surface area contributed by atoms with E-state index in [-0.39, 0.29) is 11.7 Å². The van der Waals surface area contributed by atoms with Crippen LogP contribution in [0.2, 0.25) is 0 Å². The summed E-state index contributed by atoms with van der Waals surface area (Å²) < 4.78 is 13.0. The van der Waals surface area contributed by atoms with Gasteiger partial charge in [-0.2, -0.15) is 0 Å². The van der Waals surface area contributed by atoms with Crippen molar-refractivity contribution in [3.05, 3.63) is 70.4 Å². The van der Waals surface area contributed by atoms with E-state index in [0.29, 0.717) is 21.8 Å². The molecule has 0 aliphatic carbocycles. The maximum absolute atomic E-state index is 9.09. The molecule has 0 amide bonds. The summed E-state index contributed by atoms with van der Waals surface area (Å²) in [6, 6.07) is 15.3. The van der Waals surface area contributed by atoms with Crippen molar-refractivity contribution in [1.29, 1.82) is 10.5 Å². The smallest absolute Gasteiger partial charge is 0.350 e. The Kier molecular flexibility index (Phi) is 6.86. The van der Waals surface area contributed by atoms with Crippen molar-refractivity contribution in [1.82, 2.24) is 9.97 Å². The van der Waals surface area contributed by atoms with Crippen LogP contribution in [0.5, 0.6) is 11.8 Å². The highest BCUT2D eigenvalue weighted by Gasteiger charge is 2.41. The first-order chi connectivity index (χ1) is 22.0. The third-order valence-electron chi connectivity index (χ3n) is 7.29. The van der Waals surface area contributed by atoms with Gasteiger partial charge in [0.05, 0.1) is 19.5 Å². The third-order valence-corrected chi connectivity index (χ3v) is 11.7. The summed E-state index contributed by atoms with van der Waals surface area (Å²) in [5, 5.41) is 20.8. The number of benzene rings is 1. The number of aliphatic imine (C=N–C) groups is 2. The van der Waals surface area contributed by atoms with Crippen molar-refractivity contribution >= 4 is 67.0 Å². The maximum atomic E-state index is 9.09. The van der Waals surface area contributed by atoms with Gasteiger partial charge in [0.2, 0.25) is 21.8 Å².